The van der Waals surface area contributed by atoms with Gasteiger partial charge in [-0.1, -0.05) is 0 Å². The zero-order chi connectivity index (χ0) is 17.4. The summed E-state index contributed by atoms with van der Waals surface area (Å²) < 4.78 is 73.0. The molecule has 1 nitrogen and oxygen atoms in total. The van der Waals surface area contributed by atoms with Gasteiger partial charge in [-0.2, -0.15) is 0 Å². The highest BCUT2D eigenvalue weighted by Crippen LogP contribution is 2.41. The molecule has 0 unspecified atom stereocenters. The highest BCUT2D eigenvalue weighted by Gasteiger charge is 2.34. The van der Waals surface area contributed by atoms with Crippen LogP contribution in [0.2, 0.25) is 0 Å². The molecule has 0 saturated heterocycles. The van der Waals surface area contributed by atoms with Crippen molar-refractivity contribution < 1.29 is 26.4 Å². The summed E-state index contributed by atoms with van der Waals surface area (Å²) in [4.78, 5) is 0. The SMILES string of the molecule is CC(C)(CC1CCC(c2c(F)c(F)c(F)c(F)c2F)CC1)O[SiH3]. The van der Waals surface area contributed by atoms with Crippen molar-refractivity contribution >= 4 is 10.5 Å². The quantitative estimate of drug-likeness (QED) is 0.343. The summed E-state index contributed by atoms with van der Waals surface area (Å²) in [6, 6.07) is 0. The fraction of sp³-hybridized carbons (Fsp3) is 0.625. The van der Waals surface area contributed by atoms with Crippen LogP contribution in [0.15, 0.2) is 0 Å². The van der Waals surface area contributed by atoms with E-state index in [1.807, 2.05) is 13.8 Å². The minimum Gasteiger partial charge on any atom is -0.423 e. The third-order valence-electron chi connectivity index (χ3n) is 4.83. The summed E-state index contributed by atoms with van der Waals surface area (Å²) in [5.41, 5.74) is -0.882. The largest absolute Gasteiger partial charge is 0.423 e. The Balaban J connectivity index is 2.15. The van der Waals surface area contributed by atoms with E-state index < -0.39 is 40.6 Å². The molecule has 130 valence electrons. The minimum atomic E-state index is -2.09. The van der Waals surface area contributed by atoms with Crippen LogP contribution in [-0.2, 0) is 4.43 Å². The van der Waals surface area contributed by atoms with Gasteiger partial charge < -0.3 is 4.43 Å². The zero-order valence-corrected chi connectivity index (χ0v) is 15.5. The van der Waals surface area contributed by atoms with E-state index in [-0.39, 0.29) is 5.60 Å². The van der Waals surface area contributed by atoms with Gasteiger partial charge in [-0.3, -0.25) is 0 Å². The van der Waals surface area contributed by atoms with Gasteiger partial charge in [-0.15, -0.1) is 0 Å². The standard InChI is InChI=1S/C16H21F5OSi/c1-16(2,22-23)7-8-3-5-9(6-4-8)10-11(17)13(19)15(21)14(20)12(10)18/h8-9H,3-7H2,1-2,23H3. The van der Waals surface area contributed by atoms with Crippen LogP contribution in [0.4, 0.5) is 22.0 Å². The van der Waals surface area contributed by atoms with Crippen molar-refractivity contribution in [2.24, 2.45) is 5.92 Å². The molecular weight excluding hydrogens is 331 g/mol. The maximum Gasteiger partial charge on any atom is 0.200 e. The zero-order valence-electron chi connectivity index (χ0n) is 13.5. The Bertz CT molecular complexity index is 553. The number of benzene rings is 1. The molecule has 2 rings (SSSR count). The van der Waals surface area contributed by atoms with Crippen molar-refractivity contribution in [3.63, 3.8) is 0 Å². The van der Waals surface area contributed by atoms with Crippen LogP contribution in [0, 0.1) is 35.0 Å². The van der Waals surface area contributed by atoms with Crippen LogP contribution in [-0.4, -0.2) is 16.1 Å². The molecule has 23 heavy (non-hydrogen) atoms. The number of hydrogen-bond donors (Lipinski definition) is 0. The normalized spacial score (nSPS) is 22.6. The lowest BCUT2D eigenvalue weighted by Crippen LogP contribution is -2.29. The van der Waals surface area contributed by atoms with Gasteiger partial charge in [0.2, 0.25) is 5.82 Å². The summed E-state index contributed by atoms with van der Waals surface area (Å²) in [6.07, 6.45) is 3.05. The molecule has 0 amide bonds. The molecule has 1 fully saturated rings. The predicted molar refractivity (Wildman–Crippen MR) is 80.7 cm³/mol. The van der Waals surface area contributed by atoms with Crippen molar-refractivity contribution in [3.05, 3.63) is 34.6 Å². The number of rotatable bonds is 4. The average Bonchev–Trinajstić information content (AvgIpc) is 2.52. The summed E-state index contributed by atoms with van der Waals surface area (Å²) in [5.74, 6) is -9.46. The van der Waals surface area contributed by atoms with E-state index in [0.29, 0.717) is 42.1 Å². The Morgan fingerprint density at radius 2 is 1.30 bits per heavy atom. The Morgan fingerprint density at radius 1 is 0.870 bits per heavy atom. The van der Waals surface area contributed by atoms with Crippen LogP contribution in [0.5, 0.6) is 0 Å². The second kappa shape index (κ2) is 6.89. The van der Waals surface area contributed by atoms with Crippen molar-refractivity contribution in [1.29, 1.82) is 0 Å². The van der Waals surface area contributed by atoms with E-state index in [4.69, 9.17) is 4.43 Å². The van der Waals surface area contributed by atoms with Crippen LogP contribution in [0.25, 0.3) is 0 Å². The molecule has 0 spiro atoms. The summed E-state index contributed by atoms with van der Waals surface area (Å²) in [6.45, 7) is 3.99. The fourth-order valence-electron chi connectivity index (χ4n) is 3.41. The summed E-state index contributed by atoms with van der Waals surface area (Å²) >= 11 is 0. The highest BCUT2D eigenvalue weighted by molar-refractivity contribution is 5.98. The molecule has 0 aliphatic heterocycles. The molecule has 1 aliphatic carbocycles. The monoisotopic (exact) mass is 352 g/mol. The number of halogens is 5. The summed E-state index contributed by atoms with van der Waals surface area (Å²) in [7, 11) is 0.629. The summed E-state index contributed by atoms with van der Waals surface area (Å²) in [5, 5.41) is 0. The lowest BCUT2D eigenvalue weighted by atomic mass is 9.75. The first kappa shape index (κ1) is 18.4. The molecule has 1 aromatic carbocycles. The maximum absolute atomic E-state index is 13.9. The van der Waals surface area contributed by atoms with Gasteiger partial charge in [0.25, 0.3) is 0 Å². The smallest absolute Gasteiger partial charge is 0.200 e. The number of hydrogen-bond acceptors (Lipinski definition) is 1. The van der Waals surface area contributed by atoms with Gasteiger partial charge >= 0.3 is 0 Å². The molecule has 1 saturated carbocycles. The topological polar surface area (TPSA) is 9.23 Å². The lowest BCUT2D eigenvalue weighted by Gasteiger charge is -2.34. The second-order valence-electron chi connectivity index (χ2n) is 6.87. The van der Waals surface area contributed by atoms with E-state index in [9.17, 15) is 22.0 Å². The van der Waals surface area contributed by atoms with Crippen molar-refractivity contribution in [2.45, 2.75) is 57.5 Å². The maximum atomic E-state index is 13.9. The van der Waals surface area contributed by atoms with E-state index in [1.165, 1.54) is 0 Å². The Morgan fingerprint density at radius 3 is 1.74 bits per heavy atom. The van der Waals surface area contributed by atoms with Gasteiger partial charge in [-0.25, -0.2) is 22.0 Å². The Hall–Kier alpha value is -0.953. The first-order valence-electron chi connectivity index (χ1n) is 7.74. The van der Waals surface area contributed by atoms with Crippen molar-refractivity contribution in [2.75, 3.05) is 0 Å². The molecule has 1 aromatic rings. The first-order valence-corrected chi connectivity index (χ1v) is 8.56. The molecule has 0 bridgehead atoms. The molecule has 0 N–H and O–H groups in total. The van der Waals surface area contributed by atoms with Gasteiger partial charge in [0.05, 0.1) is 0 Å². The van der Waals surface area contributed by atoms with Crippen LogP contribution < -0.4 is 0 Å². The molecule has 0 heterocycles. The molecule has 0 atom stereocenters. The second-order valence-corrected chi connectivity index (χ2v) is 7.28. The fourth-order valence-corrected chi connectivity index (χ4v) is 3.58. The van der Waals surface area contributed by atoms with Crippen molar-refractivity contribution in [1.82, 2.24) is 0 Å². The first-order chi connectivity index (χ1) is 10.7. The van der Waals surface area contributed by atoms with E-state index in [0.717, 1.165) is 6.42 Å². The highest BCUT2D eigenvalue weighted by atomic mass is 28.2. The lowest BCUT2D eigenvalue weighted by molar-refractivity contribution is 0.0794. The van der Waals surface area contributed by atoms with Gasteiger partial charge in [0, 0.05) is 11.2 Å². The molecule has 0 aromatic heterocycles. The van der Waals surface area contributed by atoms with E-state index in [1.54, 1.807) is 0 Å². The molecule has 1 aliphatic rings. The van der Waals surface area contributed by atoms with Gasteiger partial charge in [0.15, 0.2) is 23.3 Å². The van der Waals surface area contributed by atoms with Gasteiger partial charge in [0.1, 0.15) is 10.5 Å². The third kappa shape index (κ3) is 3.76. The Kier molecular flexibility index (Phi) is 5.50. The average molecular weight is 352 g/mol. The van der Waals surface area contributed by atoms with Crippen LogP contribution in [0.3, 0.4) is 0 Å². The van der Waals surface area contributed by atoms with Crippen LogP contribution >= 0.6 is 0 Å². The van der Waals surface area contributed by atoms with Crippen molar-refractivity contribution in [3.8, 4) is 0 Å². The van der Waals surface area contributed by atoms with E-state index in [2.05, 4.69) is 0 Å². The third-order valence-corrected chi connectivity index (χ3v) is 5.94. The van der Waals surface area contributed by atoms with Crippen LogP contribution in [0.1, 0.15) is 57.4 Å². The minimum absolute atomic E-state index is 0.228. The predicted octanol–water partition coefficient (Wildman–Crippen LogP) is 4.12. The molecule has 0 radical (unpaired) electrons. The molecular formula is C16H21F5OSi. The van der Waals surface area contributed by atoms with E-state index >= 15 is 0 Å². The Labute approximate surface area is 135 Å². The van der Waals surface area contributed by atoms with Gasteiger partial charge in [-0.05, 0) is 57.8 Å². The molecule has 7 heteroatoms.